The fourth-order valence-corrected chi connectivity index (χ4v) is 3.12. The number of nitrogens with zero attached hydrogens (tertiary/aromatic N) is 2. The van der Waals surface area contributed by atoms with Gasteiger partial charge in [-0.25, -0.2) is 13.8 Å². The highest BCUT2D eigenvalue weighted by atomic mass is 19.2. The Bertz CT molecular complexity index is 739. The maximum Gasteiger partial charge on any atom is 0.243 e. The van der Waals surface area contributed by atoms with Gasteiger partial charge in [-0.1, -0.05) is 13.8 Å². The molecule has 1 aliphatic rings. The van der Waals surface area contributed by atoms with Gasteiger partial charge >= 0.3 is 0 Å². The van der Waals surface area contributed by atoms with Crippen LogP contribution in [0.1, 0.15) is 32.7 Å². The van der Waals surface area contributed by atoms with Crippen LogP contribution < -0.4 is 5.32 Å². The molecule has 1 amide bonds. The molecule has 130 valence electrons. The average Bonchev–Trinajstić information content (AvgIpc) is 2.91. The number of benzene rings is 1. The lowest BCUT2D eigenvalue weighted by Crippen LogP contribution is -2.43. The summed E-state index contributed by atoms with van der Waals surface area (Å²) in [5.74, 6) is -2.06. The van der Waals surface area contributed by atoms with Crippen LogP contribution in [-0.2, 0) is 9.53 Å². The third-order valence-electron chi connectivity index (χ3n) is 4.38. The molecule has 1 saturated heterocycles. The summed E-state index contributed by atoms with van der Waals surface area (Å²) in [5, 5.41) is 3.04. The van der Waals surface area contributed by atoms with Gasteiger partial charge in [-0.05, 0) is 18.8 Å². The molecule has 1 aliphatic heterocycles. The number of ether oxygens (including phenoxy) is 1. The van der Waals surface area contributed by atoms with Gasteiger partial charge in [0.1, 0.15) is 6.04 Å². The first kappa shape index (κ1) is 16.8. The molecule has 0 bridgehead atoms. The van der Waals surface area contributed by atoms with E-state index in [2.05, 4.69) is 10.3 Å². The minimum atomic E-state index is -0.948. The molecule has 7 heteroatoms. The fourth-order valence-electron chi connectivity index (χ4n) is 3.12. The van der Waals surface area contributed by atoms with Crippen LogP contribution in [0, 0.1) is 17.6 Å². The maximum atomic E-state index is 13.6. The van der Waals surface area contributed by atoms with E-state index in [0.717, 1.165) is 25.0 Å². The Morgan fingerprint density at radius 3 is 2.62 bits per heavy atom. The summed E-state index contributed by atoms with van der Waals surface area (Å²) in [6, 6.07) is 1.68. The van der Waals surface area contributed by atoms with Crippen molar-refractivity contribution in [2.75, 3.05) is 13.2 Å². The molecule has 1 unspecified atom stereocenters. The van der Waals surface area contributed by atoms with Gasteiger partial charge in [0.15, 0.2) is 11.6 Å². The highest BCUT2D eigenvalue weighted by molar-refractivity contribution is 5.84. The molecule has 1 atom stereocenters. The van der Waals surface area contributed by atoms with E-state index >= 15 is 0 Å². The van der Waals surface area contributed by atoms with Gasteiger partial charge in [0, 0.05) is 31.4 Å². The first-order valence-electron chi connectivity index (χ1n) is 8.17. The van der Waals surface area contributed by atoms with Crippen LogP contribution in [0.3, 0.4) is 0 Å². The molecule has 5 nitrogen and oxygen atoms in total. The number of hydrogen-bond acceptors (Lipinski definition) is 3. The molecule has 0 aliphatic carbocycles. The topological polar surface area (TPSA) is 56.1 Å². The molecule has 1 aromatic heterocycles. The highest BCUT2D eigenvalue weighted by Gasteiger charge is 2.28. The number of halogens is 2. The van der Waals surface area contributed by atoms with Gasteiger partial charge in [0.05, 0.1) is 17.4 Å². The van der Waals surface area contributed by atoms with Crippen molar-refractivity contribution >= 4 is 16.9 Å². The molecule has 1 fully saturated rings. The largest absolute Gasteiger partial charge is 0.381 e. The van der Waals surface area contributed by atoms with E-state index in [9.17, 15) is 13.6 Å². The lowest BCUT2D eigenvalue weighted by molar-refractivity contribution is -0.126. The Balaban J connectivity index is 1.90. The quantitative estimate of drug-likeness (QED) is 0.933. The zero-order valence-electron chi connectivity index (χ0n) is 13.8. The predicted molar refractivity (Wildman–Crippen MR) is 85.5 cm³/mol. The van der Waals surface area contributed by atoms with E-state index in [1.54, 1.807) is 4.57 Å². The summed E-state index contributed by atoms with van der Waals surface area (Å²) in [6.45, 7) is 5.10. The Morgan fingerprint density at radius 1 is 1.29 bits per heavy atom. The van der Waals surface area contributed by atoms with Crippen molar-refractivity contribution in [1.82, 2.24) is 14.9 Å². The molecule has 0 spiro atoms. The number of rotatable bonds is 4. The first-order valence-corrected chi connectivity index (χ1v) is 8.17. The minimum Gasteiger partial charge on any atom is -0.381 e. The van der Waals surface area contributed by atoms with Crippen LogP contribution in [0.2, 0.25) is 0 Å². The van der Waals surface area contributed by atoms with Crippen molar-refractivity contribution in [3.63, 3.8) is 0 Å². The smallest absolute Gasteiger partial charge is 0.243 e. The van der Waals surface area contributed by atoms with Gasteiger partial charge in [-0.2, -0.15) is 0 Å². The molecule has 0 radical (unpaired) electrons. The molecule has 1 N–H and O–H groups in total. The number of hydrogen-bond donors (Lipinski definition) is 1. The molecule has 2 heterocycles. The standard InChI is InChI=1S/C17H21F2N3O2/c1-10(2)16(17(23)21-11-3-5-24-6-4-11)22-9-20-14-7-12(18)13(19)8-15(14)22/h7-11,16H,3-6H2,1-2H3,(H,21,23). The lowest BCUT2D eigenvalue weighted by Gasteiger charge is -2.28. The highest BCUT2D eigenvalue weighted by Crippen LogP contribution is 2.26. The van der Waals surface area contributed by atoms with E-state index in [0.29, 0.717) is 24.2 Å². The molecule has 2 aromatic rings. The maximum absolute atomic E-state index is 13.6. The third kappa shape index (κ3) is 3.26. The van der Waals surface area contributed by atoms with Gasteiger partial charge in [0.25, 0.3) is 0 Å². The normalized spacial score (nSPS) is 17.4. The Hall–Kier alpha value is -2.02. The Morgan fingerprint density at radius 2 is 1.96 bits per heavy atom. The van der Waals surface area contributed by atoms with Crippen molar-refractivity contribution in [3.8, 4) is 0 Å². The van der Waals surface area contributed by atoms with E-state index in [4.69, 9.17) is 4.74 Å². The van der Waals surface area contributed by atoms with E-state index in [-0.39, 0.29) is 17.9 Å². The number of amides is 1. The van der Waals surface area contributed by atoms with Crippen molar-refractivity contribution in [3.05, 3.63) is 30.1 Å². The van der Waals surface area contributed by atoms with Crippen molar-refractivity contribution in [2.45, 2.75) is 38.8 Å². The van der Waals surface area contributed by atoms with Crippen LogP contribution in [0.25, 0.3) is 11.0 Å². The minimum absolute atomic E-state index is 0.0321. The predicted octanol–water partition coefficient (Wildman–Crippen LogP) is 2.81. The summed E-state index contributed by atoms with van der Waals surface area (Å²) in [7, 11) is 0. The van der Waals surface area contributed by atoms with Gasteiger partial charge in [0.2, 0.25) is 5.91 Å². The summed E-state index contributed by atoms with van der Waals surface area (Å²) in [6.07, 6.45) is 3.03. The molecular formula is C17H21F2N3O2. The van der Waals surface area contributed by atoms with Crippen LogP contribution in [0.15, 0.2) is 18.5 Å². The zero-order valence-corrected chi connectivity index (χ0v) is 13.8. The summed E-state index contributed by atoms with van der Waals surface area (Å²) < 4.78 is 33.9. The molecule has 24 heavy (non-hydrogen) atoms. The second kappa shape index (κ2) is 6.84. The molecular weight excluding hydrogens is 316 g/mol. The van der Waals surface area contributed by atoms with Crippen molar-refractivity contribution < 1.29 is 18.3 Å². The number of imidazole rings is 1. The molecule has 1 aromatic carbocycles. The van der Waals surface area contributed by atoms with E-state index in [1.807, 2.05) is 13.8 Å². The number of fused-ring (bicyclic) bond motifs is 1. The SMILES string of the molecule is CC(C)C(C(=O)NC1CCOCC1)n1cnc2cc(F)c(F)cc21. The summed E-state index contributed by atoms with van der Waals surface area (Å²) >= 11 is 0. The lowest BCUT2D eigenvalue weighted by atomic mass is 10.0. The molecule has 0 saturated carbocycles. The summed E-state index contributed by atoms with van der Waals surface area (Å²) in [5.41, 5.74) is 0.744. The van der Waals surface area contributed by atoms with Gasteiger partial charge < -0.3 is 14.6 Å². The monoisotopic (exact) mass is 337 g/mol. The number of carbonyl (C=O) groups excluding carboxylic acids is 1. The van der Waals surface area contributed by atoms with Crippen LogP contribution >= 0.6 is 0 Å². The van der Waals surface area contributed by atoms with Crippen molar-refractivity contribution in [2.24, 2.45) is 5.92 Å². The summed E-state index contributed by atoms with van der Waals surface area (Å²) in [4.78, 5) is 16.9. The number of carbonyl (C=O) groups is 1. The van der Waals surface area contributed by atoms with Gasteiger partial charge in [-0.15, -0.1) is 0 Å². The first-order chi connectivity index (χ1) is 11.5. The van der Waals surface area contributed by atoms with Crippen molar-refractivity contribution in [1.29, 1.82) is 0 Å². The Kier molecular flexibility index (Phi) is 4.80. The zero-order chi connectivity index (χ0) is 17.3. The molecule has 3 rings (SSSR count). The van der Waals surface area contributed by atoms with Crippen LogP contribution in [0.4, 0.5) is 8.78 Å². The van der Waals surface area contributed by atoms with E-state index < -0.39 is 17.7 Å². The second-order valence-corrected chi connectivity index (χ2v) is 6.49. The number of nitrogens with one attached hydrogen (secondary N) is 1. The number of aromatic nitrogens is 2. The van der Waals surface area contributed by atoms with Crippen LogP contribution in [0.5, 0.6) is 0 Å². The fraction of sp³-hybridized carbons (Fsp3) is 0.529. The van der Waals surface area contributed by atoms with E-state index in [1.165, 1.54) is 6.33 Å². The second-order valence-electron chi connectivity index (χ2n) is 6.49. The van der Waals surface area contributed by atoms with Crippen LogP contribution in [-0.4, -0.2) is 34.7 Å². The Labute approximate surface area is 139 Å². The third-order valence-corrected chi connectivity index (χ3v) is 4.38. The van der Waals surface area contributed by atoms with Gasteiger partial charge in [-0.3, -0.25) is 4.79 Å². The average molecular weight is 337 g/mol.